The highest BCUT2D eigenvalue weighted by molar-refractivity contribution is 7.87. The number of anilines is 1. The van der Waals surface area contributed by atoms with Gasteiger partial charge >= 0.3 is 0 Å². The van der Waals surface area contributed by atoms with Crippen molar-refractivity contribution in [2.45, 2.75) is 9.79 Å². The molecule has 0 aliphatic heterocycles. The Hall–Kier alpha value is -0.580. The Bertz CT molecular complexity index is 655. The SMILES string of the molecule is COS(=O)(=O)c1cc(S(=O)(=O)OC)c(Cl)c(Cl)c1N. The third-order valence-corrected chi connectivity index (χ3v) is 5.76. The summed E-state index contributed by atoms with van der Waals surface area (Å²) in [5.41, 5.74) is 5.07. The minimum Gasteiger partial charge on any atom is -0.396 e. The lowest BCUT2D eigenvalue weighted by Gasteiger charge is -2.12. The molecule has 0 saturated heterocycles. The van der Waals surface area contributed by atoms with Gasteiger partial charge in [0, 0.05) is 0 Å². The highest BCUT2D eigenvalue weighted by Crippen LogP contribution is 2.39. The molecule has 1 aromatic carbocycles. The highest BCUT2D eigenvalue weighted by Gasteiger charge is 2.28. The summed E-state index contributed by atoms with van der Waals surface area (Å²) in [7, 11) is -6.72. The van der Waals surface area contributed by atoms with E-state index >= 15 is 0 Å². The molecule has 0 bridgehead atoms. The molecule has 0 saturated carbocycles. The largest absolute Gasteiger partial charge is 0.396 e. The molecule has 0 aliphatic carbocycles. The predicted molar refractivity (Wildman–Crippen MR) is 69.3 cm³/mol. The average molecular weight is 350 g/mol. The number of nitrogen functional groups attached to an aromatic ring is 1. The van der Waals surface area contributed by atoms with Crippen LogP contribution in [0.1, 0.15) is 0 Å². The van der Waals surface area contributed by atoms with Gasteiger partial charge in [0.15, 0.2) is 0 Å². The van der Waals surface area contributed by atoms with E-state index < -0.39 is 45.8 Å². The Kier molecular flexibility index (Phi) is 4.71. The Morgan fingerprint density at radius 2 is 1.37 bits per heavy atom. The Labute approximate surface area is 120 Å². The number of halogens is 2. The summed E-state index contributed by atoms with van der Waals surface area (Å²) >= 11 is 11.4. The average Bonchev–Trinajstić information content (AvgIpc) is 2.35. The molecule has 0 radical (unpaired) electrons. The van der Waals surface area contributed by atoms with E-state index in [1.54, 1.807) is 0 Å². The van der Waals surface area contributed by atoms with Gasteiger partial charge in [0.25, 0.3) is 20.2 Å². The summed E-state index contributed by atoms with van der Waals surface area (Å²) in [5.74, 6) is 0. The first-order valence-electron chi connectivity index (χ1n) is 4.47. The van der Waals surface area contributed by atoms with Gasteiger partial charge in [0.05, 0.1) is 30.0 Å². The van der Waals surface area contributed by atoms with Crippen LogP contribution < -0.4 is 5.73 Å². The van der Waals surface area contributed by atoms with Gasteiger partial charge in [-0.05, 0) is 6.07 Å². The van der Waals surface area contributed by atoms with Crippen molar-refractivity contribution in [3.8, 4) is 0 Å². The van der Waals surface area contributed by atoms with E-state index in [2.05, 4.69) is 8.37 Å². The first-order chi connectivity index (χ1) is 8.58. The zero-order valence-corrected chi connectivity index (χ0v) is 12.8. The molecule has 0 heterocycles. The van der Waals surface area contributed by atoms with Crippen molar-refractivity contribution in [1.82, 2.24) is 0 Å². The van der Waals surface area contributed by atoms with Crippen molar-refractivity contribution in [2.75, 3.05) is 20.0 Å². The third kappa shape index (κ3) is 2.96. The van der Waals surface area contributed by atoms with Gasteiger partial charge in [-0.2, -0.15) is 16.8 Å². The lowest BCUT2D eigenvalue weighted by molar-refractivity contribution is 0.396. The highest BCUT2D eigenvalue weighted by atomic mass is 35.5. The summed E-state index contributed by atoms with van der Waals surface area (Å²) in [6, 6.07) is 0.723. The second-order valence-electron chi connectivity index (χ2n) is 3.16. The fraction of sp³-hybridized carbons (Fsp3) is 0.250. The van der Waals surface area contributed by atoms with Crippen LogP contribution in [-0.2, 0) is 28.6 Å². The molecule has 0 amide bonds. The van der Waals surface area contributed by atoms with Gasteiger partial charge in [-0.25, -0.2) is 0 Å². The fourth-order valence-corrected chi connectivity index (χ4v) is 3.57. The molecule has 108 valence electrons. The van der Waals surface area contributed by atoms with E-state index in [0.717, 1.165) is 20.3 Å². The van der Waals surface area contributed by atoms with Crippen molar-refractivity contribution in [3.63, 3.8) is 0 Å². The Morgan fingerprint density at radius 1 is 0.947 bits per heavy atom. The van der Waals surface area contributed by atoms with E-state index in [9.17, 15) is 16.8 Å². The van der Waals surface area contributed by atoms with Crippen LogP contribution in [0.25, 0.3) is 0 Å². The van der Waals surface area contributed by atoms with E-state index in [1.807, 2.05) is 0 Å². The molecule has 19 heavy (non-hydrogen) atoms. The minimum atomic E-state index is -4.25. The van der Waals surface area contributed by atoms with Crippen molar-refractivity contribution in [2.24, 2.45) is 0 Å². The molecule has 0 spiro atoms. The van der Waals surface area contributed by atoms with Crippen LogP contribution in [0, 0.1) is 0 Å². The number of benzene rings is 1. The normalized spacial score (nSPS) is 12.6. The first kappa shape index (κ1) is 16.5. The molecule has 2 N–H and O–H groups in total. The molecule has 0 aromatic heterocycles. The summed E-state index contributed by atoms with van der Waals surface area (Å²) < 4.78 is 55.0. The summed E-state index contributed by atoms with van der Waals surface area (Å²) in [4.78, 5) is -1.23. The topological polar surface area (TPSA) is 113 Å². The second kappa shape index (κ2) is 5.43. The molecule has 1 aromatic rings. The molecule has 11 heteroatoms. The van der Waals surface area contributed by atoms with Crippen LogP contribution in [0.15, 0.2) is 15.9 Å². The molecule has 0 atom stereocenters. The summed E-state index contributed by atoms with van der Waals surface area (Å²) in [6.45, 7) is 0. The van der Waals surface area contributed by atoms with Crippen LogP contribution in [0.5, 0.6) is 0 Å². The predicted octanol–water partition coefficient (Wildman–Crippen LogP) is 1.25. The smallest absolute Gasteiger partial charge is 0.298 e. The number of nitrogens with two attached hydrogens (primary N) is 1. The zero-order chi connectivity index (χ0) is 15.0. The van der Waals surface area contributed by atoms with Gasteiger partial charge < -0.3 is 5.73 Å². The Morgan fingerprint density at radius 3 is 1.79 bits per heavy atom. The molecular weight excluding hydrogens is 341 g/mol. The maximum atomic E-state index is 11.6. The van der Waals surface area contributed by atoms with E-state index in [0.29, 0.717) is 0 Å². The quantitative estimate of drug-likeness (QED) is 0.642. The lowest BCUT2D eigenvalue weighted by Crippen LogP contribution is -2.11. The Balaban J connectivity index is 3.83. The molecular formula is C8H9Cl2NO6S2. The number of rotatable bonds is 4. The van der Waals surface area contributed by atoms with Gasteiger partial charge in [-0.1, -0.05) is 23.2 Å². The van der Waals surface area contributed by atoms with Crippen molar-refractivity contribution >= 4 is 49.1 Å². The van der Waals surface area contributed by atoms with E-state index in [1.165, 1.54) is 0 Å². The summed E-state index contributed by atoms with van der Waals surface area (Å²) in [6.07, 6.45) is 0. The van der Waals surface area contributed by atoms with Crippen LogP contribution in [0.3, 0.4) is 0 Å². The van der Waals surface area contributed by atoms with Crippen molar-refractivity contribution < 1.29 is 25.2 Å². The maximum absolute atomic E-state index is 11.6. The van der Waals surface area contributed by atoms with Crippen LogP contribution in [-0.4, -0.2) is 31.1 Å². The maximum Gasteiger partial charge on any atom is 0.298 e. The second-order valence-corrected chi connectivity index (χ2v) is 7.27. The van der Waals surface area contributed by atoms with E-state index in [-0.39, 0.29) is 0 Å². The minimum absolute atomic E-state index is 0.413. The monoisotopic (exact) mass is 349 g/mol. The van der Waals surface area contributed by atoms with Crippen molar-refractivity contribution in [1.29, 1.82) is 0 Å². The molecule has 0 unspecified atom stereocenters. The molecule has 1 rings (SSSR count). The standard InChI is InChI=1S/C8H9Cl2NO6S2/c1-16-18(12,13)4-3-5(19(14,15)17-2)8(11)7(10)6(4)9/h3H,11H2,1-2H3. The molecule has 0 aliphatic rings. The molecule has 7 nitrogen and oxygen atoms in total. The van der Waals surface area contributed by atoms with Crippen LogP contribution >= 0.6 is 23.2 Å². The molecule has 0 fully saturated rings. The van der Waals surface area contributed by atoms with Crippen molar-refractivity contribution in [3.05, 3.63) is 16.1 Å². The number of hydrogen-bond acceptors (Lipinski definition) is 7. The summed E-state index contributed by atoms with van der Waals surface area (Å²) in [5, 5.41) is -0.855. The van der Waals surface area contributed by atoms with Crippen LogP contribution in [0.4, 0.5) is 5.69 Å². The zero-order valence-electron chi connectivity index (χ0n) is 9.68. The first-order valence-corrected chi connectivity index (χ1v) is 8.04. The van der Waals surface area contributed by atoms with Crippen LogP contribution in [0.2, 0.25) is 10.0 Å². The van der Waals surface area contributed by atoms with Gasteiger partial charge in [0.2, 0.25) is 0 Å². The fourth-order valence-electron chi connectivity index (χ4n) is 1.16. The third-order valence-electron chi connectivity index (χ3n) is 2.15. The van der Waals surface area contributed by atoms with Gasteiger partial charge in [0.1, 0.15) is 9.79 Å². The van der Waals surface area contributed by atoms with Gasteiger partial charge in [-0.15, -0.1) is 0 Å². The van der Waals surface area contributed by atoms with E-state index in [4.69, 9.17) is 28.9 Å². The van der Waals surface area contributed by atoms with Gasteiger partial charge in [-0.3, -0.25) is 8.37 Å². The lowest BCUT2D eigenvalue weighted by atomic mass is 10.3. The number of hydrogen-bond donors (Lipinski definition) is 1.